The molecule has 2 aromatic rings. The number of carbonyl (C=O) groups is 1. The highest BCUT2D eigenvalue weighted by Crippen LogP contribution is 2.43. The number of hydrogen-bond donors (Lipinski definition) is 9. The normalized spacial score (nSPS) is 32.7. The lowest BCUT2D eigenvalue weighted by Gasteiger charge is -2.42. The summed E-state index contributed by atoms with van der Waals surface area (Å²) in [5.74, 6) is -0.999. The summed E-state index contributed by atoms with van der Waals surface area (Å²) in [7, 11) is 1.39. The van der Waals surface area contributed by atoms with E-state index in [1.165, 1.54) is 38.7 Å². The van der Waals surface area contributed by atoms with E-state index >= 15 is 0 Å². The molecule has 0 aromatic heterocycles. The topological polar surface area (TPSA) is 255 Å². The zero-order valence-corrected chi connectivity index (χ0v) is 27.4. The Labute approximate surface area is 282 Å². The zero-order chi connectivity index (χ0) is 36.0. The second-order valence-corrected chi connectivity index (χ2v) is 12.1. The van der Waals surface area contributed by atoms with Crippen LogP contribution >= 0.6 is 0 Å². The molecule has 11 atom stereocenters. The average Bonchev–Trinajstić information content (AvgIpc) is 3.07. The molecule has 16 heteroatoms. The van der Waals surface area contributed by atoms with Gasteiger partial charge in [0.25, 0.3) is 0 Å². The number of ether oxygens (including phenoxy) is 6. The van der Waals surface area contributed by atoms with Gasteiger partial charge < -0.3 is 74.4 Å². The van der Waals surface area contributed by atoms with Gasteiger partial charge in [-0.25, -0.2) is 0 Å². The Hall–Kier alpha value is -3.29. The number of carbonyl (C=O) groups excluding carboxylic acids is 1. The molecule has 0 amide bonds. The minimum Gasteiger partial charge on any atom is -0.507 e. The number of aliphatic hydroxyl groups is 7. The van der Waals surface area contributed by atoms with E-state index in [1.54, 1.807) is 6.07 Å². The van der Waals surface area contributed by atoms with E-state index in [9.17, 15) is 45.6 Å². The first-order chi connectivity index (χ1) is 23.3. The van der Waals surface area contributed by atoms with Gasteiger partial charge in [-0.3, -0.25) is 4.79 Å². The molecular weight excluding hydrogens is 652 g/mol. The van der Waals surface area contributed by atoms with Crippen LogP contribution in [0.25, 0.3) is 0 Å². The number of benzene rings is 2. The van der Waals surface area contributed by atoms with E-state index in [1.807, 2.05) is 0 Å². The van der Waals surface area contributed by atoms with Gasteiger partial charge in [-0.15, -0.1) is 0 Å². The fourth-order valence-electron chi connectivity index (χ4n) is 5.56. The van der Waals surface area contributed by atoms with Crippen LogP contribution in [0.15, 0.2) is 30.3 Å². The van der Waals surface area contributed by atoms with Crippen LogP contribution in [0.3, 0.4) is 0 Å². The second-order valence-electron chi connectivity index (χ2n) is 12.1. The molecule has 2 saturated heterocycles. The second kappa shape index (κ2) is 17.1. The molecule has 274 valence electrons. The van der Waals surface area contributed by atoms with Crippen LogP contribution in [0.2, 0.25) is 0 Å². The standard InChI is InChI=1S/C28H34O15.C5H12O/c1-10-21(32)23(34)25(36)27(40-10)39-9-19-22(33)24(35)26(37)28(43-19)41-12-6-14(30)20-15(31)8-17(42-18(20)7-12)11-3-4-16(38-2)13(29)5-11;1-2-3-4-5-6/h3-7,10,17,19,21-30,32-37H,8-9H2,1-2H3;6H,2-5H2,1H3/t10-,17-,19+,21-,22+,23+,24-,25+,26+,27+,28+;/m0./s1. The highest BCUT2D eigenvalue weighted by atomic mass is 16.7. The molecular formula is C33H46O16. The highest BCUT2D eigenvalue weighted by Gasteiger charge is 2.47. The summed E-state index contributed by atoms with van der Waals surface area (Å²) in [6.07, 6.45) is -12.6. The van der Waals surface area contributed by atoms with Crippen molar-refractivity contribution in [2.24, 2.45) is 0 Å². The number of hydrogen-bond acceptors (Lipinski definition) is 16. The van der Waals surface area contributed by atoms with Crippen molar-refractivity contribution in [2.45, 2.75) is 107 Å². The Morgan fingerprint density at radius 2 is 1.53 bits per heavy atom. The van der Waals surface area contributed by atoms with Crippen molar-refractivity contribution in [1.29, 1.82) is 0 Å². The molecule has 49 heavy (non-hydrogen) atoms. The van der Waals surface area contributed by atoms with E-state index in [-0.39, 0.29) is 35.0 Å². The maximum atomic E-state index is 12.9. The number of phenols is 2. The van der Waals surface area contributed by atoms with Crippen molar-refractivity contribution in [3.63, 3.8) is 0 Å². The monoisotopic (exact) mass is 698 g/mol. The molecule has 0 saturated carbocycles. The first kappa shape index (κ1) is 38.5. The van der Waals surface area contributed by atoms with Crippen molar-refractivity contribution < 1.29 is 79.2 Å². The first-order valence-electron chi connectivity index (χ1n) is 16.0. The minimum atomic E-state index is -1.77. The Morgan fingerprint density at radius 3 is 2.16 bits per heavy atom. The number of Topliss-reactive ketones (excluding diaryl/α,β-unsaturated/α-hetero) is 1. The van der Waals surface area contributed by atoms with Crippen molar-refractivity contribution in [3.05, 3.63) is 41.5 Å². The quantitative estimate of drug-likeness (QED) is 0.148. The van der Waals surface area contributed by atoms with E-state index < -0.39 is 85.7 Å². The Bertz CT molecular complexity index is 1380. The number of rotatable bonds is 10. The fourth-order valence-corrected chi connectivity index (χ4v) is 5.56. The van der Waals surface area contributed by atoms with Crippen LogP contribution in [0.5, 0.6) is 28.7 Å². The predicted molar refractivity (Wildman–Crippen MR) is 167 cm³/mol. The predicted octanol–water partition coefficient (Wildman–Crippen LogP) is 0.0123. The summed E-state index contributed by atoms with van der Waals surface area (Å²) in [6.45, 7) is 3.44. The van der Waals surface area contributed by atoms with Gasteiger partial charge >= 0.3 is 0 Å². The molecule has 0 aliphatic carbocycles. The fraction of sp³-hybridized carbons (Fsp3) is 0.606. The molecule has 5 rings (SSSR count). The molecule has 0 radical (unpaired) electrons. The Kier molecular flexibility index (Phi) is 13.4. The van der Waals surface area contributed by atoms with Crippen LogP contribution in [0.1, 0.15) is 61.6 Å². The summed E-state index contributed by atoms with van der Waals surface area (Å²) >= 11 is 0. The Balaban J connectivity index is 0.000000827. The van der Waals surface area contributed by atoms with E-state index in [4.69, 9.17) is 33.5 Å². The molecule has 3 heterocycles. The maximum absolute atomic E-state index is 12.9. The largest absolute Gasteiger partial charge is 0.507 e. The summed E-state index contributed by atoms with van der Waals surface area (Å²) in [5, 5.41) is 90.4. The van der Waals surface area contributed by atoms with Gasteiger partial charge in [-0.1, -0.05) is 25.8 Å². The van der Waals surface area contributed by atoms with Gasteiger partial charge in [0.2, 0.25) is 6.29 Å². The number of methoxy groups -OCH3 is 1. The number of aromatic hydroxyl groups is 2. The number of unbranched alkanes of at least 4 members (excludes halogenated alkanes) is 2. The zero-order valence-electron chi connectivity index (χ0n) is 27.4. The van der Waals surface area contributed by atoms with Gasteiger partial charge in [0.05, 0.1) is 26.2 Å². The molecule has 0 spiro atoms. The molecule has 3 aliphatic rings. The molecule has 9 N–H and O–H groups in total. The van der Waals surface area contributed by atoms with Gasteiger partial charge in [-0.05, 0) is 31.0 Å². The molecule has 3 aliphatic heterocycles. The van der Waals surface area contributed by atoms with Crippen molar-refractivity contribution in [1.82, 2.24) is 0 Å². The average molecular weight is 699 g/mol. The summed E-state index contributed by atoms with van der Waals surface area (Å²) in [5.41, 5.74) is 0.373. The summed E-state index contributed by atoms with van der Waals surface area (Å²) in [4.78, 5) is 12.9. The first-order valence-corrected chi connectivity index (χ1v) is 16.0. The number of aliphatic hydroxyl groups excluding tert-OH is 7. The number of ketones is 1. The lowest BCUT2D eigenvalue weighted by atomic mass is 9.95. The van der Waals surface area contributed by atoms with Crippen LogP contribution in [-0.2, 0) is 14.2 Å². The van der Waals surface area contributed by atoms with Crippen LogP contribution in [-0.4, -0.2) is 133 Å². The molecule has 16 nitrogen and oxygen atoms in total. The summed E-state index contributed by atoms with van der Waals surface area (Å²) in [6, 6.07) is 6.90. The van der Waals surface area contributed by atoms with Gasteiger partial charge in [0.15, 0.2) is 23.6 Å². The van der Waals surface area contributed by atoms with Crippen molar-refractivity contribution in [3.8, 4) is 28.7 Å². The van der Waals surface area contributed by atoms with Gasteiger partial charge in [0, 0.05) is 18.7 Å². The molecule has 2 fully saturated rings. The SMILES string of the molecule is CCCCCO.COc1ccc([C@@H]2CC(=O)c3c(O)cc(O[C@@H]4O[C@H](CO[C@@H]5O[C@@H](C)[C@H](O)[C@@H](O)[C@H]5O)[C@@H](O)[C@H](O)[C@H]4O)cc3O2)cc1O. The van der Waals surface area contributed by atoms with Gasteiger partial charge in [0.1, 0.15) is 71.6 Å². The lowest BCUT2D eigenvalue weighted by Crippen LogP contribution is -2.61. The summed E-state index contributed by atoms with van der Waals surface area (Å²) < 4.78 is 33.1. The maximum Gasteiger partial charge on any atom is 0.229 e. The highest BCUT2D eigenvalue weighted by molar-refractivity contribution is 6.02. The third kappa shape index (κ3) is 8.90. The number of phenolic OH excluding ortho intramolecular Hbond substituents is 2. The Morgan fingerprint density at radius 1 is 0.837 bits per heavy atom. The van der Waals surface area contributed by atoms with Crippen LogP contribution in [0, 0.1) is 0 Å². The van der Waals surface area contributed by atoms with Crippen molar-refractivity contribution in [2.75, 3.05) is 20.3 Å². The van der Waals surface area contributed by atoms with Crippen molar-refractivity contribution >= 4 is 5.78 Å². The lowest BCUT2D eigenvalue weighted by molar-refractivity contribution is -0.318. The van der Waals surface area contributed by atoms with Crippen LogP contribution < -0.4 is 14.2 Å². The van der Waals surface area contributed by atoms with Gasteiger partial charge in [-0.2, -0.15) is 0 Å². The van der Waals surface area contributed by atoms with Crippen LogP contribution in [0.4, 0.5) is 0 Å². The van der Waals surface area contributed by atoms with E-state index in [0.29, 0.717) is 12.2 Å². The molecule has 2 aromatic carbocycles. The number of fused-ring (bicyclic) bond motifs is 1. The minimum absolute atomic E-state index is 0.0457. The smallest absolute Gasteiger partial charge is 0.229 e. The molecule has 0 bridgehead atoms. The van der Waals surface area contributed by atoms with E-state index in [0.717, 1.165) is 18.9 Å². The molecule has 0 unspecified atom stereocenters. The third-order valence-corrected chi connectivity index (χ3v) is 8.46. The van der Waals surface area contributed by atoms with E-state index in [2.05, 4.69) is 6.92 Å². The third-order valence-electron chi connectivity index (χ3n) is 8.46.